The van der Waals surface area contributed by atoms with Gasteiger partial charge in [-0.1, -0.05) is 0 Å². The number of hydrogen-bond acceptors (Lipinski definition) is 3. The molecule has 2 aliphatic rings. The van der Waals surface area contributed by atoms with Gasteiger partial charge in [0.05, 0.1) is 12.6 Å². The molecule has 2 aliphatic heterocycles. The van der Waals surface area contributed by atoms with Crippen LogP contribution >= 0.6 is 0 Å². The second kappa shape index (κ2) is 3.31. The van der Waals surface area contributed by atoms with Crippen LogP contribution in [0.5, 0.6) is 0 Å². The summed E-state index contributed by atoms with van der Waals surface area (Å²) in [6.45, 7) is 5.59. The predicted molar refractivity (Wildman–Crippen MR) is 52.3 cm³/mol. The van der Waals surface area contributed by atoms with Crippen molar-refractivity contribution in [2.24, 2.45) is 5.92 Å². The van der Waals surface area contributed by atoms with E-state index in [0.717, 1.165) is 6.54 Å². The molecule has 0 aromatic carbocycles. The van der Waals surface area contributed by atoms with Gasteiger partial charge in [-0.25, -0.2) is 0 Å². The van der Waals surface area contributed by atoms with Crippen LogP contribution < -0.4 is 10.6 Å². The van der Waals surface area contributed by atoms with Crippen molar-refractivity contribution in [3.05, 3.63) is 11.3 Å². The van der Waals surface area contributed by atoms with E-state index in [-0.39, 0.29) is 12.6 Å². The molecule has 0 aliphatic carbocycles. The minimum absolute atomic E-state index is 0.244. The molecule has 2 rings (SSSR count). The standard InChI is InChI=1S/C10H18N2O/c1-6-7(2)12-9(5-13)8-3-4-11-10(6)8/h8-13H,3-5H2,1-2H3. The van der Waals surface area contributed by atoms with Gasteiger partial charge in [0, 0.05) is 17.7 Å². The van der Waals surface area contributed by atoms with Gasteiger partial charge in [0.25, 0.3) is 0 Å². The fourth-order valence-electron chi connectivity index (χ4n) is 2.54. The molecule has 3 nitrogen and oxygen atoms in total. The molecular formula is C10H18N2O. The van der Waals surface area contributed by atoms with Crippen molar-refractivity contribution in [1.29, 1.82) is 0 Å². The lowest BCUT2D eigenvalue weighted by molar-refractivity contribution is 0.193. The fraction of sp³-hybridized carbons (Fsp3) is 0.800. The van der Waals surface area contributed by atoms with E-state index in [0.29, 0.717) is 12.0 Å². The van der Waals surface area contributed by atoms with Gasteiger partial charge in [-0.05, 0) is 32.4 Å². The van der Waals surface area contributed by atoms with Crippen molar-refractivity contribution in [3.63, 3.8) is 0 Å². The van der Waals surface area contributed by atoms with Gasteiger partial charge in [-0.3, -0.25) is 0 Å². The lowest BCUT2D eigenvalue weighted by Gasteiger charge is -2.35. The van der Waals surface area contributed by atoms with Crippen molar-refractivity contribution in [2.45, 2.75) is 32.4 Å². The second-order valence-electron chi connectivity index (χ2n) is 4.13. The topological polar surface area (TPSA) is 44.3 Å². The number of aliphatic hydroxyl groups excluding tert-OH is 1. The van der Waals surface area contributed by atoms with Gasteiger partial charge < -0.3 is 15.7 Å². The Labute approximate surface area is 79.2 Å². The molecule has 3 atom stereocenters. The highest BCUT2D eigenvalue weighted by Gasteiger charge is 2.37. The van der Waals surface area contributed by atoms with E-state index in [1.54, 1.807) is 0 Å². The van der Waals surface area contributed by atoms with Crippen LogP contribution in [0.25, 0.3) is 0 Å². The van der Waals surface area contributed by atoms with Crippen molar-refractivity contribution in [3.8, 4) is 0 Å². The van der Waals surface area contributed by atoms with Crippen molar-refractivity contribution in [2.75, 3.05) is 13.2 Å². The van der Waals surface area contributed by atoms with Gasteiger partial charge in [0.2, 0.25) is 0 Å². The number of rotatable bonds is 1. The minimum atomic E-state index is 0.244. The molecule has 0 aromatic heterocycles. The monoisotopic (exact) mass is 182 g/mol. The van der Waals surface area contributed by atoms with Gasteiger partial charge in [0.15, 0.2) is 0 Å². The molecule has 0 radical (unpaired) electrons. The van der Waals surface area contributed by atoms with Crippen LogP contribution in [0.4, 0.5) is 0 Å². The Bertz CT molecular complexity index is 237. The Hall–Kier alpha value is -0.540. The van der Waals surface area contributed by atoms with Crippen LogP contribution in [0.1, 0.15) is 20.3 Å². The SMILES string of the molecule is CC1=C(C)C2NCCC2C(CO)N1. The van der Waals surface area contributed by atoms with Crippen LogP contribution in [-0.2, 0) is 0 Å². The van der Waals surface area contributed by atoms with E-state index in [4.69, 9.17) is 0 Å². The van der Waals surface area contributed by atoms with Crippen LogP contribution in [0.15, 0.2) is 11.3 Å². The summed E-state index contributed by atoms with van der Waals surface area (Å²) in [7, 11) is 0. The summed E-state index contributed by atoms with van der Waals surface area (Å²) in [6, 6.07) is 0.752. The molecule has 2 heterocycles. The zero-order valence-electron chi connectivity index (χ0n) is 8.30. The molecule has 1 saturated heterocycles. The summed E-state index contributed by atoms with van der Waals surface area (Å²) in [5.74, 6) is 0.577. The molecule has 0 bridgehead atoms. The van der Waals surface area contributed by atoms with Crippen LogP contribution in [0.2, 0.25) is 0 Å². The maximum atomic E-state index is 9.23. The molecule has 0 aromatic rings. The summed E-state index contributed by atoms with van der Waals surface area (Å²) in [6.07, 6.45) is 1.17. The molecular weight excluding hydrogens is 164 g/mol. The van der Waals surface area contributed by atoms with Gasteiger partial charge >= 0.3 is 0 Å². The number of allylic oxidation sites excluding steroid dienone is 1. The third kappa shape index (κ3) is 1.36. The molecule has 3 unspecified atom stereocenters. The third-order valence-corrected chi connectivity index (χ3v) is 3.44. The van der Waals surface area contributed by atoms with Crippen LogP contribution in [-0.4, -0.2) is 30.3 Å². The minimum Gasteiger partial charge on any atom is -0.394 e. The van der Waals surface area contributed by atoms with Gasteiger partial charge in [-0.2, -0.15) is 0 Å². The number of aliphatic hydroxyl groups is 1. The van der Waals surface area contributed by atoms with Crippen LogP contribution in [0, 0.1) is 5.92 Å². The molecule has 13 heavy (non-hydrogen) atoms. The van der Waals surface area contributed by atoms with E-state index in [2.05, 4.69) is 24.5 Å². The lowest BCUT2D eigenvalue weighted by Crippen LogP contribution is -2.49. The average molecular weight is 182 g/mol. The Morgan fingerprint density at radius 1 is 1.46 bits per heavy atom. The molecule has 74 valence electrons. The normalized spacial score (nSPS) is 38.8. The molecule has 3 heteroatoms. The molecule has 1 fully saturated rings. The zero-order valence-corrected chi connectivity index (χ0v) is 8.30. The number of nitrogens with one attached hydrogen (secondary N) is 2. The molecule has 3 N–H and O–H groups in total. The molecule has 0 spiro atoms. The van der Waals surface area contributed by atoms with E-state index in [9.17, 15) is 5.11 Å². The Morgan fingerprint density at radius 2 is 2.23 bits per heavy atom. The second-order valence-corrected chi connectivity index (χ2v) is 4.13. The van der Waals surface area contributed by atoms with Crippen molar-refractivity contribution >= 4 is 0 Å². The first-order valence-electron chi connectivity index (χ1n) is 5.02. The lowest BCUT2D eigenvalue weighted by atomic mass is 9.84. The first-order valence-corrected chi connectivity index (χ1v) is 5.02. The highest BCUT2D eigenvalue weighted by atomic mass is 16.3. The Kier molecular flexibility index (Phi) is 2.30. The van der Waals surface area contributed by atoms with E-state index >= 15 is 0 Å². The summed E-state index contributed by atoms with van der Waals surface area (Å²) in [5.41, 5.74) is 2.64. The van der Waals surface area contributed by atoms with E-state index < -0.39 is 0 Å². The zero-order chi connectivity index (χ0) is 9.42. The predicted octanol–water partition coefficient (Wildman–Crippen LogP) is 0.223. The summed E-state index contributed by atoms with van der Waals surface area (Å²) in [5, 5.41) is 16.1. The van der Waals surface area contributed by atoms with Crippen molar-refractivity contribution < 1.29 is 5.11 Å². The fourth-order valence-corrected chi connectivity index (χ4v) is 2.54. The van der Waals surface area contributed by atoms with E-state index in [1.165, 1.54) is 17.7 Å². The Morgan fingerprint density at radius 3 is 2.92 bits per heavy atom. The van der Waals surface area contributed by atoms with Crippen molar-refractivity contribution in [1.82, 2.24) is 10.6 Å². The maximum absolute atomic E-state index is 9.23. The molecule has 0 amide bonds. The quantitative estimate of drug-likeness (QED) is 0.543. The van der Waals surface area contributed by atoms with Crippen LogP contribution in [0.3, 0.4) is 0 Å². The Balaban J connectivity index is 2.24. The number of hydrogen-bond donors (Lipinski definition) is 3. The van der Waals surface area contributed by atoms with Gasteiger partial charge in [-0.15, -0.1) is 0 Å². The third-order valence-electron chi connectivity index (χ3n) is 3.44. The highest BCUT2D eigenvalue weighted by molar-refractivity contribution is 5.23. The molecule has 0 saturated carbocycles. The average Bonchev–Trinajstić information content (AvgIpc) is 2.60. The summed E-state index contributed by atoms with van der Waals surface area (Å²) < 4.78 is 0. The largest absolute Gasteiger partial charge is 0.394 e. The summed E-state index contributed by atoms with van der Waals surface area (Å²) >= 11 is 0. The first kappa shape index (κ1) is 9.03. The summed E-state index contributed by atoms with van der Waals surface area (Å²) in [4.78, 5) is 0. The highest BCUT2D eigenvalue weighted by Crippen LogP contribution is 2.30. The first-order chi connectivity index (χ1) is 6.24. The number of fused-ring (bicyclic) bond motifs is 1. The smallest absolute Gasteiger partial charge is 0.0636 e. The van der Waals surface area contributed by atoms with Gasteiger partial charge in [0.1, 0.15) is 0 Å². The maximum Gasteiger partial charge on any atom is 0.0636 e. The van der Waals surface area contributed by atoms with E-state index in [1.807, 2.05) is 0 Å².